The van der Waals surface area contributed by atoms with Gasteiger partial charge in [-0.15, -0.1) is 0 Å². The molecule has 1 aromatic heterocycles. The Kier molecular flexibility index (Phi) is 6.69. The first-order chi connectivity index (χ1) is 11.6. The zero-order valence-corrected chi connectivity index (χ0v) is 14.1. The maximum absolute atomic E-state index is 10.7. The minimum absolute atomic E-state index is 0.132. The topological polar surface area (TPSA) is 72.7 Å². The number of aromatic nitrogens is 1. The lowest BCUT2D eigenvalue weighted by molar-refractivity contribution is -0.137. The van der Waals surface area contributed by atoms with Crippen LogP contribution in [0, 0.1) is 0 Å². The Hall–Kier alpha value is -2.47. The largest absolute Gasteiger partial charge is 0.493 e. The van der Waals surface area contributed by atoms with Gasteiger partial charge in [0.15, 0.2) is 11.5 Å². The van der Waals surface area contributed by atoms with Crippen molar-refractivity contribution in [1.29, 1.82) is 0 Å². The third-order valence-electron chi connectivity index (χ3n) is 3.83. The van der Waals surface area contributed by atoms with Crippen molar-refractivity contribution in [2.24, 2.45) is 0 Å². The van der Waals surface area contributed by atoms with E-state index in [2.05, 4.69) is 5.32 Å². The van der Waals surface area contributed by atoms with Crippen molar-refractivity contribution in [3.63, 3.8) is 0 Å². The van der Waals surface area contributed by atoms with Crippen LogP contribution in [-0.4, -0.2) is 36.4 Å². The van der Waals surface area contributed by atoms with Crippen molar-refractivity contribution in [3.8, 4) is 11.5 Å². The van der Waals surface area contributed by atoms with Crippen LogP contribution in [-0.2, 0) is 24.3 Å². The fourth-order valence-electron chi connectivity index (χ4n) is 2.53. The molecule has 0 unspecified atom stereocenters. The van der Waals surface area contributed by atoms with Crippen LogP contribution >= 0.6 is 0 Å². The van der Waals surface area contributed by atoms with E-state index >= 15 is 0 Å². The predicted octanol–water partition coefficient (Wildman–Crippen LogP) is 2.31. The Morgan fingerprint density at radius 1 is 1.21 bits per heavy atom. The maximum atomic E-state index is 10.7. The van der Waals surface area contributed by atoms with Gasteiger partial charge in [-0.3, -0.25) is 4.79 Å². The highest BCUT2D eigenvalue weighted by Gasteiger charge is 2.05. The first kappa shape index (κ1) is 17.9. The second-order valence-electron chi connectivity index (χ2n) is 5.45. The Morgan fingerprint density at radius 3 is 2.71 bits per heavy atom. The molecular formula is C18H24N2O4. The minimum atomic E-state index is -0.781. The lowest BCUT2D eigenvalue weighted by atomic mass is 10.1. The summed E-state index contributed by atoms with van der Waals surface area (Å²) in [7, 11) is 3.25. The van der Waals surface area contributed by atoms with Crippen LogP contribution in [0.4, 0.5) is 0 Å². The molecule has 2 N–H and O–H groups in total. The van der Waals surface area contributed by atoms with Gasteiger partial charge in [0.25, 0.3) is 0 Å². The highest BCUT2D eigenvalue weighted by atomic mass is 16.5. The molecule has 6 nitrogen and oxygen atoms in total. The van der Waals surface area contributed by atoms with Crippen molar-refractivity contribution >= 4 is 5.97 Å². The highest BCUT2D eigenvalue weighted by molar-refractivity contribution is 5.66. The van der Waals surface area contributed by atoms with E-state index in [1.54, 1.807) is 14.2 Å². The third-order valence-corrected chi connectivity index (χ3v) is 3.83. The van der Waals surface area contributed by atoms with Crippen LogP contribution in [0.5, 0.6) is 11.5 Å². The molecule has 0 atom stereocenters. The number of carboxylic acids is 1. The van der Waals surface area contributed by atoms with Crippen LogP contribution in [0.25, 0.3) is 0 Å². The minimum Gasteiger partial charge on any atom is -0.493 e. The molecular weight excluding hydrogens is 308 g/mol. The van der Waals surface area contributed by atoms with Gasteiger partial charge in [-0.2, -0.15) is 0 Å². The summed E-state index contributed by atoms with van der Waals surface area (Å²) in [5.74, 6) is 0.680. The molecule has 0 aliphatic rings. The molecule has 0 spiro atoms. The summed E-state index contributed by atoms with van der Waals surface area (Å²) in [5, 5.41) is 12.2. The van der Waals surface area contributed by atoms with Crippen molar-refractivity contribution in [1.82, 2.24) is 9.88 Å². The number of benzene rings is 1. The monoisotopic (exact) mass is 332 g/mol. The SMILES string of the molecule is COc1ccc(CCNCc2cccn2CCC(=O)O)cc1OC. The van der Waals surface area contributed by atoms with E-state index in [1.165, 1.54) is 5.56 Å². The standard InChI is InChI=1S/C18H24N2O4/c1-23-16-6-5-14(12-17(16)24-2)7-9-19-13-15-4-3-10-20(15)11-8-18(21)22/h3-6,10,12,19H,7-9,11,13H2,1-2H3,(H,21,22). The van der Waals surface area contributed by atoms with Gasteiger partial charge in [-0.1, -0.05) is 6.07 Å². The average Bonchev–Trinajstić information content (AvgIpc) is 3.04. The predicted molar refractivity (Wildman–Crippen MR) is 91.6 cm³/mol. The number of nitrogens with one attached hydrogen (secondary N) is 1. The van der Waals surface area contributed by atoms with Crippen LogP contribution in [0.15, 0.2) is 36.5 Å². The molecule has 6 heteroatoms. The third kappa shape index (κ3) is 5.03. The molecule has 0 amide bonds. The number of ether oxygens (including phenoxy) is 2. The van der Waals surface area contributed by atoms with E-state index in [9.17, 15) is 4.79 Å². The lowest BCUT2D eigenvalue weighted by Gasteiger charge is -2.11. The number of aliphatic carboxylic acids is 1. The molecule has 130 valence electrons. The number of hydrogen-bond donors (Lipinski definition) is 2. The summed E-state index contributed by atoms with van der Waals surface area (Å²) in [5.41, 5.74) is 2.25. The number of rotatable bonds is 10. The molecule has 0 saturated carbocycles. The first-order valence-corrected chi connectivity index (χ1v) is 7.91. The highest BCUT2D eigenvalue weighted by Crippen LogP contribution is 2.27. The summed E-state index contributed by atoms with van der Waals surface area (Å²) in [6.07, 6.45) is 2.91. The van der Waals surface area contributed by atoms with E-state index < -0.39 is 5.97 Å². The Balaban J connectivity index is 1.81. The molecule has 0 fully saturated rings. The molecule has 2 rings (SSSR count). The van der Waals surface area contributed by atoms with Crippen LogP contribution < -0.4 is 14.8 Å². The van der Waals surface area contributed by atoms with Gasteiger partial charge >= 0.3 is 5.97 Å². The van der Waals surface area contributed by atoms with Crippen molar-refractivity contribution in [2.75, 3.05) is 20.8 Å². The summed E-state index contributed by atoms with van der Waals surface area (Å²) in [6.45, 7) is 2.02. The lowest BCUT2D eigenvalue weighted by Crippen LogP contribution is -2.19. The zero-order valence-electron chi connectivity index (χ0n) is 14.1. The smallest absolute Gasteiger partial charge is 0.305 e. The molecule has 0 aliphatic carbocycles. The van der Waals surface area contributed by atoms with Crippen molar-refractivity contribution in [3.05, 3.63) is 47.8 Å². The number of carbonyl (C=O) groups is 1. The van der Waals surface area contributed by atoms with Crippen molar-refractivity contribution in [2.45, 2.75) is 25.9 Å². The Bertz CT molecular complexity index is 667. The van der Waals surface area contributed by atoms with Crippen LogP contribution in [0.1, 0.15) is 17.7 Å². The molecule has 0 radical (unpaired) electrons. The zero-order chi connectivity index (χ0) is 17.4. The molecule has 0 bridgehead atoms. The van der Waals surface area contributed by atoms with Gasteiger partial charge in [-0.05, 0) is 42.8 Å². The van der Waals surface area contributed by atoms with Gasteiger partial charge in [0, 0.05) is 25.0 Å². The molecule has 0 saturated heterocycles. The molecule has 1 aromatic carbocycles. The summed E-state index contributed by atoms with van der Waals surface area (Å²) in [4.78, 5) is 10.7. The fraction of sp³-hybridized carbons (Fsp3) is 0.389. The second kappa shape index (κ2) is 8.98. The Morgan fingerprint density at radius 2 is 2.00 bits per heavy atom. The van der Waals surface area contributed by atoms with Gasteiger partial charge in [0.05, 0.1) is 20.6 Å². The number of nitrogens with zero attached hydrogens (tertiary/aromatic N) is 1. The number of methoxy groups -OCH3 is 2. The Labute approximate surface area is 142 Å². The fourth-order valence-corrected chi connectivity index (χ4v) is 2.53. The molecule has 0 aliphatic heterocycles. The first-order valence-electron chi connectivity index (χ1n) is 7.91. The number of carboxylic acid groups (broad SMARTS) is 1. The van der Waals surface area contributed by atoms with Gasteiger partial charge in [0.1, 0.15) is 0 Å². The number of aryl methyl sites for hydroxylation is 1. The van der Waals surface area contributed by atoms with Crippen LogP contribution in [0.3, 0.4) is 0 Å². The van der Waals surface area contributed by atoms with E-state index in [1.807, 2.05) is 41.1 Å². The summed E-state index contributed by atoms with van der Waals surface area (Å²) in [6, 6.07) is 9.86. The van der Waals surface area contributed by atoms with E-state index in [-0.39, 0.29) is 6.42 Å². The van der Waals surface area contributed by atoms with Crippen LogP contribution in [0.2, 0.25) is 0 Å². The van der Waals surface area contributed by atoms with E-state index in [0.717, 1.165) is 30.2 Å². The number of hydrogen-bond acceptors (Lipinski definition) is 4. The second-order valence-corrected chi connectivity index (χ2v) is 5.45. The molecule has 2 aromatic rings. The summed E-state index contributed by atoms with van der Waals surface area (Å²) >= 11 is 0. The van der Waals surface area contributed by atoms with Crippen molar-refractivity contribution < 1.29 is 19.4 Å². The molecule has 1 heterocycles. The van der Waals surface area contributed by atoms with Gasteiger partial charge in [-0.25, -0.2) is 0 Å². The van der Waals surface area contributed by atoms with Gasteiger partial charge < -0.3 is 24.5 Å². The molecule has 24 heavy (non-hydrogen) atoms. The average molecular weight is 332 g/mol. The quantitative estimate of drug-likeness (QED) is 0.653. The van der Waals surface area contributed by atoms with Gasteiger partial charge in [0.2, 0.25) is 0 Å². The van der Waals surface area contributed by atoms with E-state index in [0.29, 0.717) is 13.1 Å². The summed E-state index contributed by atoms with van der Waals surface area (Å²) < 4.78 is 12.5. The van der Waals surface area contributed by atoms with E-state index in [4.69, 9.17) is 14.6 Å². The normalized spacial score (nSPS) is 10.6. The maximum Gasteiger partial charge on any atom is 0.305 e.